The number of urea groups is 1. The average Bonchev–Trinajstić information content (AvgIpc) is 2.56. The van der Waals surface area contributed by atoms with E-state index in [1.165, 1.54) is 0 Å². The summed E-state index contributed by atoms with van der Waals surface area (Å²) in [6.07, 6.45) is 5.02. The molecule has 6 nitrogen and oxygen atoms in total. The maximum Gasteiger partial charge on any atom is 0.320 e. The first-order chi connectivity index (χ1) is 11.3. The maximum absolute atomic E-state index is 11.6. The predicted molar refractivity (Wildman–Crippen MR) is 88.7 cm³/mol. The molecule has 2 heterocycles. The van der Waals surface area contributed by atoms with E-state index < -0.39 is 0 Å². The first kappa shape index (κ1) is 14.8. The molecule has 3 rings (SSSR count). The van der Waals surface area contributed by atoms with Crippen molar-refractivity contribution >= 4 is 22.6 Å². The van der Waals surface area contributed by atoms with Crippen LogP contribution in [0, 0.1) is 0 Å². The Bertz CT molecular complexity index is 821. The molecule has 0 atom stereocenters. The standard InChI is InChI=1S/C17H16N4O2/c1-2-19-17(22)21-16-9-12-5-3-7-15(14(12)11-20-16)23-13-6-4-8-18-10-13/h3-11H,2H2,1H3,(H2,19,20,21,22). The maximum atomic E-state index is 11.6. The van der Waals surface area contributed by atoms with Gasteiger partial charge in [-0.3, -0.25) is 10.3 Å². The van der Waals surface area contributed by atoms with Crippen LogP contribution in [0.3, 0.4) is 0 Å². The highest BCUT2D eigenvalue weighted by Gasteiger charge is 2.07. The van der Waals surface area contributed by atoms with Crippen LogP contribution in [-0.2, 0) is 0 Å². The van der Waals surface area contributed by atoms with Crippen molar-refractivity contribution in [2.45, 2.75) is 6.92 Å². The molecule has 0 saturated heterocycles. The number of nitrogens with zero attached hydrogens (tertiary/aromatic N) is 2. The minimum absolute atomic E-state index is 0.276. The summed E-state index contributed by atoms with van der Waals surface area (Å²) in [5.74, 6) is 1.83. The Morgan fingerprint density at radius 3 is 2.91 bits per heavy atom. The molecule has 0 unspecified atom stereocenters. The lowest BCUT2D eigenvalue weighted by Gasteiger charge is -2.10. The molecule has 0 saturated carbocycles. The van der Waals surface area contributed by atoms with Gasteiger partial charge in [-0.15, -0.1) is 0 Å². The van der Waals surface area contributed by atoms with Crippen LogP contribution in [0.15, 0.2) is 55.0 Å². The molecule has 0 bridgehead atoms. The fourth-order valence-electron chi connectivity index (χ4n) is 2.16. The lowest BCUT2D eigenvalue weighted by Crippen LogP contribution is -2.28. The number of carbonyl (C=O) groups is 1. The number of pyridine rings is 2. The van der Waals surface area contributed by atoms with E-state index in [2.05, 4.69) is 20.6 Å². The van der Waals surface area contributed by atoms with Gasteiger partial charge in [0.05, 0.1) is 6.20 Å². The molecule has 116 valence electrons. The van der Waals surface area contributed by atoms with E-state index in [4.69, 9.17) is 4.74 Å². The number of hydrogen-bond donors (Lipinski definition) is 2. The van der Waals surface area contributed by atoms with Gasteiger partial charge >= 0.3 is 6.03 Å². The van der Waals surface area contributed by atoms with Crippen molar-refractivity contribution in [1.29, 1.82) is 0 Å². The van der Waals surface area contributed by atoms with Gasteiger partial charge in [0.1, 0.15) is 17.3 Å². The number of amides is 2. The third-order valence-electron chi connectivity index (χ3n) is 3.17. The summed E-state index contributed by atoms with van der Waals surface area (Å²) >= 11 is 0. The third kappa shape index (κ3) is 3.55. The monoisotopic (exact) mass is 308 g/mol. The second-order valence-corrected chi connectivity index (χ2v) is 4.82. The van der Waals surface area contributed by atoms with Crippen molar-refractivity contribution in [3.05, 3.63) is 55.0 Å². The number of ether oxygens (including phenoxy) is 1. The molecule has 0 fully saturated rings. The zero-order valence-corrected chi connectivity index (χ0v) is 12.6. The highest BCUT2D eigenvalue weighted by Crippen LogP contribution is 2.30. The number of hydrogen-bond acceptors (Lipinski definition) is 4. The van der Waals surface area contributed by atoms with Crippen LogP contribution in [-0.4, -0.2) is 22.5 Å². The van der Waals surface area contributed by atoms with E-state index in [-0.39, 0.29) is 6.03 Å². The van der Waals surface area contributed by atoms with E-state index >= 15 is 0 Å². The smallest absolute Gasteiger partial charge is 0.320 e. The van der Waals surface area contributed by atoms with Gasteiger partial charge in [0, 0.05) is 24.3 Å². The van der Waals surface area contributed by atoms with Crippen LogP contribution in [0.5, 0.6) is 11.5 Å². The van der Waals surface area contributed by atoms with Crippen molar-refractivity contribution in [3.63, 3.8) is 0 Å². The van der Waals surface area contributed by atoms with Gasteiger partial charge < -0.3 is 10.1 Å². The van der Waals surface area contributed by atoms with Crippen LogP contribution in [0.2, 0.25) is 0 Å². The molecule has 2 aromatic heterocycles. The molecule has 1 aromatic carbocycles. The fourth-order valence-corrected chi connectivity index (χ4v) is 2.16. The fraction of sp³-hybridized carbons (Fsp3) is 0.118. The summed E-state index contributed by atoms with van der Waals surface area (Å²) in [7, 11) is 0. The average molecular weight is 308 g/mol. The molecule has 0 aliphatic heterocycles. The topological polar surface area (TPSA) is 76.1 Å². The molecule has 0 radical (unpaired) electrons. The van der Waals surface area contributed by atoms with Gasteiger partial charge in [-0.1, -0.05) is 12.1 Å². The van der Waals surface area contributed by atoms with Gasteiger partial charge in [-0.25, -0.2) is 9.78 Å². The Labute approximate surface area is 133 Å². The molecule has 3 aromatic rings. The molecule has 6 heteroatoms. The highest BCUT2D eigenvalue weighted by molar-refractivity contribution is 5.93. The van der Waals surface area contributed by atoms with Crippen LogP contribution >= 0.6 is 0 Å². The van der Waals surface area contributed by atoms with Crippen LogP contribution < -0.4 is 15.4 Å². The summed E-state index contributed by atoms with van der Waals surface area (Å²) in [4.78, 5) is 19.9. The zero-order chi connectivity index (χ0) is 16.1. The lowest BCUT2D eigenvalue weighted by molar-refractivity contribution is 0.252. The van der Waals surface area contributed by atoms with Crippen molar-refractivity contribution in [2.24, 2.45) is 0 Å². The van der Waals surface area contributed by atoms with Crippen LogP contribution in [0.1, 0.15) is 6.92 Å². The Morgan fingerprint density at radius 1 is 1.22 bits per heavy atom. The van der Waals surface area contributed by atoms with Crippen molar-refractivity contribution in [2.75, 3.05) is 11.9 Å². The summed E-state index contributed by atoms with van der Waals surface area (Å²) in [6, 6.07) is 10.9. The lowest BCUT2D eigenvalue weighted by atomic mass is 10.1. The normalized spacial score (nSPS) is 10.3. The summed E-state index contributed by atoms with van der Waals surface area (Å²) < 4.78 is 5.85. The summed E-state index contributed by atoms with van der Waals surface area (Å²) in [6.45, 7) is 2.41. The molecule has 23 heavy (non-hydrogen) atoms. The Balaban J connectivity index is 1.88. The largest absolute Gasteiger partial charge is 0.455 e. The first-order valence-corrected chi connectivity index (χ1v) is 7.28. The van der Waals surface area contributed by atoms with E-state index in [0.29, 0.717) is 23.9 Å². The molecule has 0 spiro atoms. The first-order valence-electron chi connectivity index (χ1n) is 7.28. The number of carbonyl (C=O) groups excluding carboxylic acids is 1. The van der Waals surface area contributed by atoms with Crippen LogP contribution in [0.25, 0.3) is 10.8 Å². The van der Waals surface area contributed by atoms with Gasteiger partial charge in [0.15, 0.2) is 0 Å². The Kier molecular flexibility index (Phi) is 4.33. The van der Waals surface area contributed by atoms with Crippen LogP contribution in [0.4, 0.5) is 10.6 Å². The van der Waals surface area contributed by atoms with E-state index in [1.54, 1.807) is 24.7 Å². The molecular weight excluding hydrogens is 292 g/mol. The number of fused-ring (bicyclic) bond motifs is 1. The SMILES string of the molecule is CCNC(=O)Nc1cc2cccc(Oc3cccnc3)c2cn1. The summed E-state index contributed by atoms with van der Waals surface area (Å²) in [5.41, 5.74) is 0. The van der Waals surface area contributed by atoms with E-state index in [0.717, 1.165) is 10.8 Å². The second-order valence-electron chi connectivity index (χ2n) is 4.82. The molecule has 0 aliphatic rings. The van der Waals surface area contributed by atoms with Crippen molar-refractivity contribution in [1.82, 2.24) is 15.3 Å². The Morgan fingerprint density at radius 2 is 2.13 bits per heavy atom. The number of anilines is 1. The predicted octanol–water partition coefficient (Wildman–Crippen LogP) is 3.56. The second kappa shape index (κ2) is 6.74. The summed E-state index contributed by atoms with van der Waals surface area (Å²) in [5, 5.41) is 7.14. The Hall–Kier alpha value is -3.15. The number of aromatic nitrogens is 2. The molecule has 0 aliphatic carbocycles. The van der Waals surface area contributed by atoms with Crippen molar-refractivity contribution < 1.29 is 9.53 Å². The van der Waals surface area contributed by atoms with E-state index in [1.807, 2.05) is 37.3 Å². The highest BCUT2D eigenvalue weighted by atomic mass is 16.5. The van der Waals surface area contributed by atoms with E-state index in [9.17, 15) is 4.79 Å². The number of rotatable bonds is 4. The van der Waals surface area contributed by atoms with Gasteiger partial charge in [0.2, 0.25) is 0 Å². The quantitative estimate of drug-likeness (QED) is 0.772. The number of nitrogens with one attached hydrogen (secondary N) is 2. The molecule has 2 amide bonds. The number of benzene rings is 1. The minimum Gasteiger partial charge on any atom is -0.455 e. The minimum atomic E-state index is -0.276. The molecule has 2 N–H and O–H groups in total. The third-order valence-corrected chi connectivity index (χ3v) is 3.17. The van der Waals surface area contributed by atoms with Gasteiger partial charge in [-0.2, -0.15) is 0 Å². The van der Waals surface area contributed by atoms with Gasteiger partial charge in [0.25, 0.3) is 0 Å². The van der Waals surface area contributed by atoms with Gasteiger partial charge in [-0.05, 0) is 36.6 Å². The molecular formula is C17H16N4O2. The zero-order valence-electron chi connectivity index (χ0n) is 12.6. The van der Waals surface area contributed by atoms with Crippen molar-refractivity contribution in [3.8, 4) is 11.5 Å².